The first-order chi connectivity index (χ1) is 16.0. The lowest BCUT2D eigenvalue weighted by atomic mass is 10.0. The van der Waals surface area contributed by atoms with Crippen LogP contribution in [0.15, 0.2) is 60.3 Å². The number of carbonyl (C=O) groups excluding carboxylic acids is 1. The number of rotatable bonds is 11. The highest BCUT2D eigenvalue weighted by Crippen LogP contribution is 2.27. The third-order valence-electron chi connectivity index (χ3n) is 5.13. The number of hydrogen-bond acceptors (Lipinski definition) is 5. The molecule has 0 aliphatic rings. The lowest BCUT2D eigenvalue weighted by molar-refractivity contribution is -0.113. The van der Waals surface area contributed by atoms with Gasteiger partial charge in [-0.05, 0) is 49.1 Å². The Labute approximate surface area is 204 Å². The zero-order chi connectivity index (χ0) is 23.8. The normalized spacial score (nSPS) is 11.8. The van der Waals surface area contributed by atoms with Crippen molar-refractivity contribution in [2.45, 2.75) is 51.4 Å². The summed E-state index contributed by atoms with van der Waals surface area (Å²) in [7, 11) is 0. The minimum absolute atomic E-state index is 0.0754. The summed E-state index contributed by atoms with van der Waals surface area (Å²) < 4.78 is 7.92. The van der Waals surface area contributed by atoms with E-state index in [4.69, 9.17) is 16.3 Å². The number of nitrogens with one attached hydrogen (secondary N) is 1. The maximum absolute atomic E-state index is 12.8. The Morgan fingerprint density at radius 1 is 1.21 bits per heavy atom. The van der Waals surface area contributed by atoms with Crippen LogP contribution in [0.4, 0.5) is 5.69 Å². The summed E-state index contributed by atoms with van der Waals surface area (Å²) in [5, 5.41) is 13.0. The lowest BCUT2D eigenvalue weighted by Gasteiger charge is -2.16. The van der Waals surface area contributed by atoms with Crippen molar-refractivity contribution in [3.63, 3.8) is 0 Å². The highest BCUT2D eigenvalue weighted by atomic mass is 35.5. The van der Waals surface area contributed by atoms with Gasteiger partial charge in [0.15, 0.2) is 17.1 Å². The largest absolute Gasteiger partial charge is 0.483 e. The van der Waals surface area contributed by atoms with Crippen molar-refractivity contribution in [3.05, 3.63) is 77.1 Å². The number of allylic oxidation sites excluding steroid dienone is 1. The smallest absolute Gasteiger partial charge is 0.234 e. The average Bonchev–Trinajstić information content (AvgIpc) is 3.20. The standard InChI is InChI=1S/C25H29ClN4O2S/c1-5-14-30-24(17(4)32-21-13-9-12-20(26)15-21)28-29-25(30)33-16-22(31)27-23-18(6-2)10-8-11-19(23)7-3/h5,8-13,15,17H,1,6-7,14,16H2,2-4H3,(H,27,31). The number of ether oxygens (including phenoxy) is 1. The number of thioether (sulfide) groups is 1. The van der Waals surface area contributed by atoms with Crippen LogP contribution in [0.1, 0.15) is 43.8 Å². The molecule has 0 spiro atoms. The number of aryl methyl sites for hydroxylation is 2. The van der Waals surface area contributed by atoms with E-state index in [9.17, 15) is 4.79 Å². The number of aromatic nitrogens is 3. The van der Waals surface area contributed by atoms with E-state index in [1.165, 1.54) is 11.8 Å². The fourth-order valence-corrected chi connectivity index (χ4v) is 4.45. The molecule has 174 valence electrons. The molecule has 1 heterocycles. The fraction of sp³-hybridized carbons (Fsp3) is 0.320. The van der Waals surface area contributed by atoms with Crippen LogP contribution in [-0.4, -0.2) is 26.4 Å². The predicted octanol–water partition coefficient (Wildman–Crippen LogP) is 6.11. The number of anilines is 1. The monoisotopic (exact) mass is 484 g/mol. The van der Waals surface area contributed by atoms with E-state index in [0.29, 0.717) is 28.3 Å². The zero-order valence-corrected chi connectivity index (χ0v) is 20.7. The average molecular weight is 485 g/mol. The van der Waals surface area contributed by atoms with E-state index in [1.54, 1.807) is 18.2 Å². The van der Waals surface area contributed by atoms with Crippen molar-refractivity contribution >= 4 is 35.0 Å². The number of benzene rings is 2. The summed E-state index contributed by atoms with van der Waals surface area (Å²) >= 11 is 7.40. The molecule has 1 atom stereocenters. The Morgan fingerprint density at radius 3 is 2.55 bits per heavy atom. The molecule has 1 N–H and O–H groups in total. The second kappa shape index (κ2) is 11.9. The molecule has 0 radical (unpaired) electrons. The maximum Gasteiger partial charge on any atom is 0.234 e. The molecule has 8 heteroatoms. The van der Waals surface area contributed by atoms with Crippen molar-refractivity contribution in [1.82, 2.24) is 14.8 Å². The van der Waals surface area contributed by atoms with Crippen LogP contribution in [0.5, 0.6) is 5.75 Å². The molecule has 3 aromatic rings. The Kier molecular flexibility index (Phi) is 8.97. The number of hydrogen-bond donors (Lipinski definition) is 1. The van der Waals surface area contributed by atoms with E-state index in [1.807, 2.05) is 29.7 Å². The molecule has 33 heavy (non-hydrogen) atoms. The van der Waals surface area contributed by atoms with Crippen molar-refractivity contribution in [3.8, 4) is 5.75 Å². The molecule has 0 bridgehead atoms. The van der Waals surface area contributed by atoms with Gasteiger partial charge in [-0.25, -0.2) is 0 Å². The van der Waals surface area contributed by atoms with Crippen LogP contribution >= 0.6 is 23.4 Å². The van der Waals surface area contributed by atoms with Gasteiger partial charge in [-0.15, -0.1) is 16.8 Å². The van der Waals surface area contributed by atoms with Crippen LogP contribution in [-0.2, 0) is 24.2 Å². The van der Waals surface area contributed by atoms with E-state index in [0.717, 1.165) is 29.7 Å². The molecular formula is C25H29ClN4O2S. The zero-order valence-electron chi connectivity index (χ0n) is 19.2. The van der Waals surface area contributed by atoms with Crippen molar-refractivity contribution < 1.29 is 9.53 Å². The fourth-order valence-electron chi connectivity index (χ4n) is 3.51. The number of carbonyl (C=O) groups is 1. The van der Waals surface area contributed by atoms with Gasteiger partial charge < -0.3 is 10.1 Å². The van der Waals surface area contributed by atoms with Gasteiger partial charge in [-0.2, -0.15) is 0 Å². The summed E-state index contributed by atoms with van der Waals surface area (Å²) in [5.74, 6) is 1.45. The van der Waals surface area contributed by atoms with Gasteiger partial charge in [0.1, 0.15) is 5.75 Å². The molecule has 1 aromatic heterocycles. The third kappa shape index (κ3) is 6.39. The van der Waals surface area contributed by atoms with Crippen LogP contribution in [0.25, 0.3) is 0 Å². The molecule has 0 aliphatic heterocycles. The van der Waals surface area contributed by atoms with E-state index >= 15 is 0 Å². The van der Waals surface area contributed by atoms with Crippen molar-refractivity contribution in [2.24, 2.45) is 0 Å². The first kappa shape index (κ1) is 24.9. The lowest BCUT2D eigenvalue weighted by Crippen LogP contribution is -2.17. The summed E-state index contributed by atoms with van der Waals surface area (Å²) in [6, 6.07) is 13.4. The van der Waals surface area contributed by atoms with Crippen molar-refractivity contribution in [1.29, 1.82) is 0 Å². The molecule has 1 amide bonds. The van der Waals surface area contributed by atoms with Crippen LogP contribution in [0.3, 0.4) is 0 Å². The quantitative estimate of drug-likeness (QED) is 0.262. The Morgan fingerprint density at radius 2 is 1.91 bits per heavy atom. The Bertz CT molecular complexity index is 1090. The van der Waals surface area contributed by atoms with Gasteiger partial charge in [0.2, 0.25) is 5.91 Å². The Hall–Kier alpha value is -2.77. The molecule has 6 nitrogen and oxygen atoms in total. The van der Waals surface area contributed by atoms with Gasteiger partial charge in [0, 0.05) is 17.3 Å². The van der Waals surface area contributed by atoms with E-state index in [2.05, 4.69) is 48.1 Å². The van der Waals surface area contributed by atoms with Gasteiger partial charge in [-0.1, -0.05) is 67.6 Å². The molecule has 3 rings (SSSR count). The van der Waals surface area contributed by atoms with E-state index in [-0.39, 0.29) is 17.8 Å². The van der Waals surface area contributed by atoms with Crippen LogP contribution < -0.4 is 10.1 Å². The molecule has 0 aliphatic carbocycles. The van der Waals surface area contributed by atoms with Crippen LogP contribution in [0.2, 0.25) is 5.02 Å². The number of halogens is 1. The first-order valence-corrected chi connectivity index (χ1v) is 12.3. The SMILES string of the molecule is C=CCn1c(SCC(=O)Nc2c(CC)cccc2CC)nnc1C(C)Oc1cccc(Cl)c1. The molecule has 0 saturated heterocycles. The topological polar surface area (TPSA) is 69.0 Å². The molecular weight excluding hydrogens is 456 g/mol. The summed E-state index contributed by atoms with van der Waals surface area (Å²) in [6.07, 6.45) is 3.13. The highest BCUT2D eigenvalue weighted by molar-refractivity contribution is 7.99. The van der Waals surface area contributed by atoms with E-state index < -0.39 is 0 Å². The predicted molar refractivity (Wildman–Crippen MR) is 135 cm³/mol. The maximum atomic E-state index is 12.8. The second-order valence-corrected chi connectivity index (χ2v) is 8.83. The first-order valence-electron chi connectivity index (χ1n) is 11.0. The number of amides is 1. The van der Waals surface area contributed by atoms with Gasteiger partial charge in [0.25, 0.3) is 0 Å². The molecule has 0 fully saturated rings. The summed E-state index contributed by atoms with van der Waals surface area (Å²) in [6.45, 7) is 10.4. The summed E-state index contributed by atoms with van der Waals surface area (Å²) in [5.41, 5.74) is 3.19. The molecule has 2 aromatic carbocycles. The van der Waals surface area contributed by atoms with Gasteiger partial charge >= 0.3 is 0 Å². The second-order valence-electron chi connectivity index (χ2n) is 7.45. The molecule has 1 unspecified atom stereocenters. The third-order valence-corrected chi connectivity index (χ3v) is 6.33. The highest BCUT2D eigenvalue weighted by Gasteiger charge is 2.20. The number of para-hydroxylation sites is 1. The summed E-state index contributed by atoms with van der Waals surface area (Å²) in [4.78, 5) is 12.8. The van der Waals surface area contributed by atoms with Gasteiger partial charge in [-0.3, -0.25) is 9.36 Å². The molecule has 0 saturated carbocycles. The Balaban J connectivity index is 1.71. The number of nitrogens with zero attached hydrogens (tertiary/aromatic N) is 3. The van der Waals surface area contributed by atoms with Crippen molar-refractivity contribution in [2.75, 3.05) is 11.1 Å². The van der Waals surface area contributed by atoms with Crippen LogP contribution in [0, 0.1) is 0 Å². The minimum Gasteiger partial charge on any atom is -0.483 e. The minimum atomic E-state index is -0.359. The van der Waals surface area contributed by atoms with Gasteiger partial charge in [0.05, 0.1) is 5.75 Å².